The number of ether oxygens (including phenoxy) is 1. The second kappa shape index (κ2) is 7.95. The van der Waals surface area contributed by atoms with Gasteiger partial charge in [-0.15, -0.1) is 11.3 Å². The minimum atomic E-state index is -4.37. The lowest BCUT2D eigenvalue weighted by Gasteiger charge is -2.34. The van der Waals surface area contributed by atoms with Crippen LogP contribution in [0.15, 0.2) is 30.5 Å². The summed E-state index contributed by atoms with van der Waals surface area (Å²) < 4.78 is 44.0. The third-order valence-electron chi connectivity index (χ3n) is 4.62. The lowest BCUT2D eigenvalue weighted by Crippen LogP contribution is -2.51. The number of halogens is 3. The molecule has 1 saturated heterocycles. The lowest BCUT2D eigenvalue weighted by atomic mass is 9.91. The quantitative estimate of drug-likeness (QED) is 0.808. The van der Waals surface area contributed by atoms with Crippen LogP contribution in [-0.2, 0) is 22.1 Å². The van der Waals surface area contributed by atoms with Gasteiger partial charge in [0.1, 0.15) is 5.60 Å². The molecule has 2 heterocycles. The Morgan fingerprint density at radius 1 is 1.37 bits per heavy atom. The number of carbonyl (C=O) groups excluding carboxylic acids is 1. The molecule has 146 valence electrons. The molecular weight excluding hydrogens is 379 g/mol. The van der Waals surface area contributed by atoms with Gasteiger partial charge in [0.15, 0.2) is 5.13 Å². The van der Waals surface area contributed by atoms with Crippen molar-refractivity contribution >= 4 is 22.4 Å². The zero-order chi connectivity index (χ0) is 19.5. The number of nitrogens with one attached hydrogen (secondary N) is 2. The molecule has 1 amide bonds. The van der Waals surface area contributed by atoms with Crippen molar-refractivity contribution in [3.8, 4) is 0 Å². The summed E-state index contributed by atoms with van der Waals surface area (Å²) in [5, 5.41) is 6.38. The number of hydrogen-bond acceptors (Lipinski definition) is 5. The fourth-order valence-corrected chi connectivity index (χ4v) is 3.91. The highest BCUT2D eigenvalue weighted by Gasteiger charge is 2.40. The van der Waals surface area contributed by atoms with E-state index in [2.05, 4.69) is 15.6 Å². The summed E-state index contributed by atoms with van der Waals surface area (Å²) in [7, 11) is 1.52. The van der Waals surface area contributed by atoms with Gasteiger partial charge in [-0.1, -0.05) is 18.2 Å². The van der Waals surface area contributed by atoms with Gasteiger partial charge in [0, 0.05) is 24.6 Å². The number of hydrogen-bond donors (Lipinski definition) is 2. The molecule has 1 aliphatic heterocycles. The summed E-state index contributed by atoms with van der Waals surface area (Å²) >= 11 is 1.25. The van der Waals surface area contributed by atoms with Crippen molar-refractivity contribution in [1.82, 2.24) is 10.3 Å². The van der Waals surface area contributed by atoms with E-state index in [4.69, 9.17) is 4.74 Å². The van der Waals surface area contributed by atoms with E-state index in [1.54, 1.807) is 12.3 Å². The molecule has 0 spiro atoms. The Kier molecular flexibility index (Phi) is 5.83. The molecule has 1 aromatic carbocycles. The SMILES string of the molecule is COC1(C(=O)Nc2ncc(Cc3cccc(C(F)(F)F)c3)s2)CCNCC1. The molecule has 0 atom stereocenters. The number of thiazole rings is 1. The van der Waals surface area contributed by atoms with Crippen LogP contribution < -0.4 is 10.6 Å². The van der Waals surface area contributed by atoms with Crippen molar-refractivity contribution in [3.63, 3.8) is 0 Å². The van der Waals surface area contributed by atoms with Crippen LogP contribution >= 0.6 is 11.3 Å². The number of piperidine rings is 1. The molecule has 1 aliphatic rings. The zero-order valence-electron chi connectivity index (χ0n) is 14.7. The zero-order valence-corrected chi connectivity index (χ0v) is 15.5. The maximum absolute atomic E-state index is 12.8. The minimum absolute atomic E-state index is 0.244. The second-order valence-corrected chi connectivity index (χ2v) is 7.52. The van der Waals surface area contributed by atoms with Crippen LogP contribution in [0.25, 0.3) is 0 Å². The number of amides is 1. The number of rotatable bonds is 5. The molecule has 0 radical (unpaired) electrons. The first-order valence-electron chi connectivity index (χ1n) is 8.50. The topological polar surface area (TPSA) is 63.2 Å². The smallest absolute Gasteiger partial charge is 0.368 e. The highest BCUT2D eigenvalue weighted by molar-refractivity contribution is 7.15. The van der Waals surface area contributed by atoms with Crippen LogP contribution in [0.3, 0.4) is 0 Å². The maximum Gasteiger partial charge on any atom is 0.416 e. The van der Waals surface area contributed by atoms with Gasteiger partial charge < -0.3 is 10.1 Å². The molecule has 0 saturated carbocycles. The van der Waals surface area contributed by atoms with Crippen LogP contribution in [-0.4, -0.2) is 36.7 Å². The average molecular weight is 399 g/mol. The number of methoxy groups -OCH3 is 1. The highest BCUT2D eigenvalue weighted by atomic mass is 32.1. The molecule has 27 heavy (non-hydrogen) atoms. The molecule has 3 rings (SSSR count). The van der Waals surface area contributed by atoms with Crippen LogP contribution in [0.1, 0.15) is 28.8 Å². The molecule has 5 nitrogen and oxygen atoms in total. The first kappa shape index (κ1) is 19.8. The summed E-state index contributed by atoms with van der Waals surface area (Å²) in [6, 6.07) is 5.21. The third-order valence-corrected chi connectivity index (χ3v) is 5.54. The van der Waals surface area contributed by atoms with Crippen LogP contribution in [0.4, 0.5) is 18.3 Å². The number of benzene rings is 1. The molecule has 9 heteroatoms. The minimum Gasteiger partial charge on any atom is -0.368 e. The first-order chi connectivity index (χ1) is 12.8. The van der Waals surface area contributed by atoms with Crippen LogP contribution in [0.2, 0.25) is 0 Å². The van der Waals surface area contributed by atoms with Crippen molar-refractivity contribution in [2.45, 2.75) is 31.0 Å². The van der Waals surface area contributed by atoms with E-state index >= 15 is 0 Å². The van der Waals surface area contributed by atoms with Crippen molar-refractivity contribution in [2.75, 3.05) is 25.5 Å². The van der Waals surface area contributed by atoms with E-state index in [0.29, 0.717) is 43.0 Å². The number of nitrogens with zero attached hydrogens (tertiary/aromatic N) is 1. The average Bonchev–Trinajstić information content (AvgIpc) is 3.08. The molecule has 2 N–H and O–H groups in total. The van der Waals surface area contributed by atoms with E-state index in [9.17, 15) is 18.0 Å². The van der Waals surface area contributed by atoms with Gasteiger partial charge in [0.25, 0.3) is 5.91 Å². The second-order valence-electron chi connectivity index (χ2n) is 6.41. The fourth-order valence-electron chi connectivity index (χ4n) is 3.07. The monoisotopic (exact) mass is 399 g/mol. The molecule has 0 aliphatic carbocycles. The molecule has 2 aromatic rings. The van der Waals surface area contributed by atoms with Crippen molar-refractivity contribution < 1.29 is 22.7 Å². The lowest BCUT2D eigenvalue weighted by molar-refractivity contribution is -0.140. The summed E-state index contributed by atoms with van der Waals surface area (Å²) in [6.07, 6.45) is -1.35. The predicted molar refractivity (Wildman–Crippen MR) is 96.8 cm³/mol. The summed E-state index contributed by atoms with van der Waals surface area (Å²) in [5.41, 5.74) is -1.01. The van der Waals surface area contributed by atoms with E-state index in [1.807, 2.05) is 0 Å². The van der Waals surface area contributed by atoms with Gasteiger partial charge in [-0.2, -0.15) is 13.2 Å². The first-order valence-corrected chi connectivity index (χ1v) is 9.32. The van der Waals surface area contributed by atoms with Gasteiger partial charge in [-0.05, 0) is 37.6 Å². The predicted octanol–water partition coefficient (Wildman–Crippen LogP) is 3.46. The van der Waals surface area contributed by atoms with Gasteiger partial charge >= 0.3 is 6.18 Å². The Bertz CT molecular complexity index is 801. The molecule has 0 bridgehead atoms. The Morgan fingerprint density at radius 3 is 2.78 bits per heavy atom. The Morgan fingerprint density at radius 2 is 2.11 bits per heavy atom. The third kappa shape index (κ3) is 4.66. The van der Waals surface area contributed by atoms with Crippen LogP contribution in [0.5, 0.6) is 0 Å². The van der Waals surface area contributed by atoms with Gasteiger partial charge in [-0.3, -0.25) is 10.1 Å². The molecule has 1 aromatic heterocycles. The van der Waals surface area contributed by atoms with Gasteiger partial charge in [-0.25, -0.2) is 4.98 Å². The van der Waals surface area contributed by atoms with Crippen molar-refractivity contribution in [2.24, 2.45) is 0 Å². The normalized spacial score (nSPS) is 16.9. The van der Waals surface area contributed by atoms with E-state index < -0.39 is 17.3 Å². The number of aromatic nitrogens is 1. The van der Waals surface area contributed by atoms with E-state index in [1.165, 1.54) is 24.5 Å². The summed E-state index contributed by atoms with van der Waals surface area (Å²) in [5.74, 6) is -0.244. The number of anilines is 1. The van der Waals surface area contributed by atoms with E-state index in [-0.39, 0.29) is 5.91 Å². The van der Waals surface area contributed by atoms with Crippen molar-refractivity contribution in [3.05, 3.63) is 46.5 Å². The van der Waals surface area contributed by atoms with Gasteiger partial charge in [0.2, 0.25) is 0 Å². The van der Waals surface area contributed by atoms with Gasteiger partial charge in [0.05, 0.1) is 5.56 Å². The van der Waals surface area contributed by atoms with Crippen LogP contribution in [0, 0.1) is 0 Å². The highest BCUT2D eigenvalue weighted by Crippen LogP contribution is 2.31. The molecular formula is C18H20F3N3O2S. The fraction of sp³-hybridized carbons (Fsp3) is 0.444. The maximum atomic E-state index is 12.8. The summed E-state index contributed by atoms with van der Waals surface area (Å²) in [4.78, 5) is 17.6. The Hall–Kier alpha value is -1.97. The largest absolute Gasteiger partial charge is 0.416 e. The Balaban J connectivity index is 1.67. The number of carbonyl (C=O) groups is 1. The van der Waals surface area contributed by atoms with Crippen molar-refractivity contribution in [1.29, 1.82) is 0 Å². The standard InChI is InChI=1S/C18H20F3N3O2S/c1-26-17(5-7-22-8-6-17)15(25)24-16-23-11-14(27-16)10-12-3-2-4-13(9-12)18(19,20)21/h2-4,9,11,22H,5-8,10H2,1H3,(H,23,24,25). The molecule has 1 fully saturated rings. The number of alkyl halides is 3. The molecule has 0 unspecified atom stereocenters. The Labute approximate surface area is 158 Å². The summed E-state index contributed by atoms with van der Waals surface area (Å²) in [6.45, 7) is 1.39. The van der Waals surface area contributed by atoms with E-state index in [0.717, 1.165) is 17.0 Å².